The number of carboxylic acid groups (broad SMARTS) is 1. The Morgan fingerprint density at radius 1 is 1.20 bits per heavy atom. The lowest BCUT2D eigenvalue weighted by Gasteiger charge is -2.33. The first-order chi connectivity index (χ1) is 6.89. The zero-order valence-corrected chi connectivity index (χ0v) is 11.5. The Hall–Kier alpha value is -0.250. The van der Waals surface area contributed by atoms with Gasteiger partial charge in [-0.1, -0.05) is 28.8 Å². The molecule has 90 valence electrons. The van der Waals surface area contributed by atoms with Gasteiger partial charge in [-0.25, -0.2) is 4.79 Å². The molecule has 0 spiro atoms. The van der Waals surface area contributed by atoms with Crippen LogP contribution in [0.15, 0.2) is 0 Å². The fourth-order valence-electron chi connectivity index (χ4n) is 1.44. The Kier molecular flexibility index (Phi) is 6.98. The summed E-state index contributed by atoms with van der Waals surface area (Å²) in [4.78, 5) is 12.5. The van der Waals surface area contributed by atoms with Crippen LogP contribution in [0.25, 0.3) is 0 Å². The molecular weight excluding hydrogens is 258 g/mol. The summed E-state index contributed by atoms with van der Waals surface area (Å²) >= 11 is 3.38. The summed E-state index contributed by atoms with van der Waals surface area (Å²) < 4.78 is 0. The second-order valence-electron chi connectivity index (χ2n) is 4.71. The van der Waals surface area contributed by atoms with Crippen molar-refractivity contribution in [3.63, 3.8) is 0 Å². The number of carbonyl (C=O) groups is 1. The number of alkyl halides is 1. The Morgan fingerprint density at radius 3 is 2.13 bits per heavy atom. The highest BCUT2D eigenvalue weighted by atomic mass is 79.9. The number of hydrogen-bond donors (Lipinski definition) is 1. The molecule has 4 heteroatoms. The molecule has 0 aromatic rings. The zero-order chi connectivity index (χ0) is 11.9. The second kappa shape index (κ2) is 7.09. The molecule has 0 aliphatic heterocycles. The van der Waals surface area contributed by atoms with Gasteiger partial charge in [-0.2, -0.15) is 0 Å². The summed E-state index contributed by atoms with van der Waals surface area (Å²) in [5, 5.41) is 10.1. The predicted octanol–water partition coefficient (Wildman–Crippen LogP) is 3.72. The van der Waals surface area contributed by atoms with E-state index in [1.165, 1.54) is 17.7 Å². The molecule has 3 nitrogen and oxygen atoms in total. The SMILES string of the molecule is CC(C)(C)N(CCCCCCBr)C(=O)O. The maximum absolute atomic E-state index is 11.0. The first-order valence-corrected chi connectivity index (χ1v) is 6.58. The number of nitrogens with zero attached hydrogens (tertiary/aromatic N) is 1. The molecule has 0 atom stereocenters. The maximum Gasteiger partial charge on any atom is 0.407 e. The van der Waals surface area contributed by atoms with Crippen LogP contribution in [0.1, 0.15) is 46.5 Å². The van der Waals surface area contributed by atoms with E-state index in [0.29, 0.717) is 6.54 Å². The van der Waals surface area contributed by atoms with Crippen LogP contribution < -0.4 is 0 Å². The third-order valence-electron chi connectivity index (χ3n) is 2.31. The molecule has 0 aromatic carbocycles. The summed E-state index contributed by atoms with van der Waals surface area (Å²) in [7, 11) is 0. The van der Waals surface area contributed by atoms with Gasteiger partial charge < -0.3 is 10.0 Å². The molecule has 0 heterocycles. The minimum atomic E-state index is -0.817. The molecule has 0 radical (unpaired) electrons. The van der Waals surface area contributed by atoms with Crippen molar-refractivity contribution in [1.82, 2.24) is 4.90 Å². The minimum Gasteiger partial charge on any atom is -0.465 e. The minimum absolute atomic E-state index is 0.290. The molecule has 1 amide bonds. The predicted molar refractivity (Wildman–Crippen MR) is 66.7 cm³/mol. The number of rotatable bonds is 6. The van der Waals surface area contributed by atoms with Gasteiger partial charge in [0, 0.05) is 17.4 Å². The summed E-state index contributed by atoms with van der Waals surface area (Å²) in [6.45, 7) is 6.43. The average Bonchev–Trinajstić information content (AvgIpc) is 2.08. The van der Waals surface area contributed by atoms with Crippen LogP contribution in [0.4, 0.5) is 4.79 Å². The maximum atomic E-state index is 11.0. The molecular formula is C11H22BrNO2. The molecule has 0 aliphatic carbocycles. The van der Waals surface area contributed by atoms with Crippen molar-refractivity contribution in [2.45, 2.75) is 52.0 Å². The summed E-state index contributed by atoms with van der Waals surface area (Å²) in [6, 6.07) is 0. The highest BCUT2D eigenvalue weighted by molar-refractivity contribution is 9.09. The molecule has 0 saturated heterocycles. The Balaban J connectivity index is 3.84. The van der Waals surface area contributed by atoms with Gasteiger partial charge >= 0.3 is 6.09 Å². The van der Waals surface area contributed by atoms with E-state index in [4.69, 9.17) is 5.11 Å². The average molecular weight is 280 g/mol. The lowest BCUT2D eigenvalue weighted by molar-refractivity contribution is 0.0990. The lowest BCUT2D eigenvalue weighted by atomic mass is 10.1. The number of unbranched alkanes of at least 4 members (excludes halogenated alkanes) is 3. The van der Waals surface area contributed by atoms with Gasteiger partial charge in [0.15, 0.2) is 0 Å². The second-order valence-corrected chi connectivity index (χ2v) is 5.50. The smallest absolute Gasteiger partial charge is 0.407 e. The number of amides is 1. The fraction of sp³-hybridized carbons (Fsp3) is 0.909. The quantitative estimate of drug-likeness (QED) is 0.595. The molecule has 0 saturated carbocycles. The standard InChI is InChI=1S/C11H22BrNO2/c1-11(2,3)13(10(14)15)9-7-5-4-6-8-12/h4-9H2,1-3H3,(H,14,15). The van der Waals surface area contributed by atoms with Crippen molar-refractivity contribution in [3.05, 3.63) is 0 Å². The van der Waals surface area contributed by atoms with E-state index in [-0.39, 0.29) is 5.54 Å². The molecule has 0 unspecified atom stereocenters. The molecule has 0 rings (SSSR count). The lowest BCUT2D eigenvalue weighted by Crippen LogP contribution is -2.45. The third kappa shape index (κ3) is 6.77. The van der Waals surface area contributed by atoms with E-state index >= 15 is 0 Å². The van der Waals surface area contributed by atoms with E-state index in [2.05, 4.69) is 15.9 Å². The van der Waals surface area contributed by atoms with Crippen LogP contribution in [-0.2, 0) is 0 Å². The van der Waals surface area contributed by atoms with Crippen LogP contribution in [0, 0.1) is 0 Å². The Bertz CT molecular complexity index is 190. The number of halogens is 1. The van der Waals surface area contributed by atoms with Gasteiger partial charge in [-0.15, -0.1) is 0 Å². The fourth-order valence-corrected chi connectivity index (χ4v) is 1.83. The third-order valence-corrected chi connectivity index (χ3v) is 2.87. The number of hydrogen-bond acceptors (Lipinski definition) is 1. The van der Waals surface area contributed by atoms with E-state index < -0.39 is 6.09 Å². The van der Waals surface area contributed by atoms with E-state index in [9.17, 15) is 4.79 Å². The van der Waals surface area contributed by atoms with Crippen molar-refractivity contribution in [2.24, 2.45) is 0 Å². The van der Waals surface area contributed by atoms with Gasteiger partial charge in [-0.05, 0) is 33.6 Å². The largest absolute Gasteiger partial charge is 0.465 e. The van der Waals surface area contributed by atoms with Crippen LogP contribution in [-0.4, -0.2) is 33.5 Å². The van der Waals surface area contributed by atoms with Crippen LogP contribution in [0.2, 0.25) is 0 Å². The summed E-state index contributed by atoms with van der Waals surface area (Å²) in [5.41, 5.74) is -0.290. The van der Waals surface area contributed by atoms with Crippen molar-refractivity contribution in [2.75, 3.05) is 11.9 Å². The summed E-state index contributed by atoms with van der Waals surface area (Å²) in [5.74, 6) is 0. The van der Waals surface area contributed by atoms with Crippen molar-refractivity contribution < 1.29 is 9.90 Å². The van der Waals surface area contributed by atoms with Gasteiger partial charge in [0.05, 0.1) is 0 Å². The first-order valence-electron chi connectivity index (χ1n) is 5.46. The topological polar surface area (TPSA) is 40.5 Å². The normalized spacial score (nSPS) is 11.5. The molecule has 1 N–H and O–H groups in total. The van der Waals surface area contributed by atoms with Crippen molar-refractivity contribution >= 4 is 22.0 Å². The summed E-state index contributed by atoms with van der Waals surface area (Å²) in [6.07, 6.45) is 3.58. The van der Waals surface area contributed by atoms with E-state index in [0.717, 1.165) is 18.2 Å². The van der Waals surface area contributed by atoms with Crippen LogP contribution in [0.5, 0.6) is 0 Å². The Labute approximate surface area is 101 Å². The van der Waals surface area contributed by atoms with Crippen molar-refractivity contribution in [1.29, 1.82) is 0 Å². The van der Waals surface area contributed by atoms with E-state index in [1.807, 2.05) is 20.8 Å². The van der Waals surface area contributed by atoms with Crippen LogP contribution >= 0.6 is 15.9 Å². The molecule has 15 heavy (non-hydrogen) atoms. The Morgan fingerprint density at radius 2 is 1.73 bits per heavy atom. The van der Waals surface area contributed by atoms with E-state index in [1.54, 1.807) is 0 Å². The van der Waals surface area contributed by atoms with Gasteiger partial charge in [0.2, 0.25) is 0 Å². The molecule has 0 bridgehead atoms. The highest BCUT2D eigenvalue weighted by Crippen LogP contribution is 2.15. The van der Waals surface area contributed by atoms with Crippen LogP contribution in [0.3, 0.4) is 0 Å². The van der Waals surface area contributed by atoms with Gasteiger partial charge in [0.25, 0.3) is 0 Å². The monoisotopic (exact) mass is 279 g/mol. The molecule has 0 aromatic heterocycles. The van der Waals surface area contributed by atoms with Gasteiger partial charge in [0.1, 0.15) is 0 Å². The first kappa shape index (κ1) is 14.8. The zero-order valence-electron chi connectivity index (χ0n) is 9.92. The highest BCUT2D eigenvalue weighted by Gasteiger charge is 2.24. The van der Waals surface area contributed by atoms with Gasteiger partial charge in [-0.3, -0.25) is 0 Å². The molecule has 0 fully saturated rings. The van der Waals surface area contributed by atoms with Crippen molar-refractivity contribution in [3.8, 4) is 0 Å². The molecule has 0 aliphatic rings.